The predicted molar refractivity (Wildman–Crippen MR) is 207 cm³/mol. The van der Waals surface area contributed by atoms with Crippen LogP contribution >= 0.6 is 12.4 Å². The first-order valence-corrected chi connectivity index (χ1v) is 16.7. The molecule has 0 aromatic heterocycles. The second-order valence-corrected chi connectivity index (χ2v) is 14.7. The second kappa shape index (κ2) is 14.6. The Labute approximate surface area is 301 Å². The van der Waals surface area contributed by atoms with E-state index >= 15 is 0 Å². The summed E-state index contributed by atoms with van der Waals surface area (Å²) in [5.74, 6) is 1.10. The number of hydrogen-bond acceptors (Lipinski definition) is 4. The van der Waals surface area contributed by atoms with Gasteiger partial charge in [0.25, 0.3) is 0 Å². The molecule has 2 heterocycles. The number of hydrogen-bond donors (Lipinski definition) is 3. The highest BCUT2D eigenvalue weighted by atomic mass is 35.5. The number of carbonyl (C=O) groups excluding carboxylic acids is 1. The molecule has 0 bridgehead atoms. The number of fused-ring (bicyclic) bond motifs is 6. The molecule has 2 amide bonds. The minimum atomic E-state index is -1.18. The van der Waals surface area contributed by atoms with Crippen molar-refractivity contribution in [2.45, 2.75) is 78.4 Å². The van der Waals surface area contributed by atoms with E-state index in [-0.39, 0.29) is 24.3 Å². The fourth-order valence-electron chi connectivity index (χ4n) is 6.81. The molecule has 2 unspecified atom stereocenters. The lowest BCUT2D eigenvalue weighted by molar-refractivity contribution is 0.0600. The summed E-state index contributed by atoms with van der Waals surface area (Å²) >= 11 is 0. The van der Waals surface area contributed by atoms with Crippen molar-refractivity contribution in [1.82, 2.24) is 10.2 Å². The molecule has 2 atom stereocenters. The Morgan fingerprint density at radius 2 is 1.28 bits per heavy atom. The molecule has 0 aliphatic carbocycles. The third-order valence-electron chi connectivity index (χ3n) is 8.77. The number of rotatable bonds is 0. The normalized spacial score (nSPS) is 16.9. The molecule has 3 N–H and O–H groups in total. The summed E-state index contributed by atoms with van der Waals surface area (Å²) in [6, 6.07) is 24.8. The summed E-state index contributed by atoms with van der Waals surface area (Å²) in [4.78, 5) is 34.1. The monoisotopic (exact) mass is 700 g/mol. The lowest BCUT2D eigenvalue weighted by atomic mass is 9.96. The van der Waals surface area contributed by atoms with E-state index in [4.69, 9.17) is 10.1 Å². The number of carbonyl (C=O) groups is 2. The zero-order valence-corrected chi connectivity index (χ0v) is 31.2. The minimum absolute atomic E-state index is 0. The van der Waals surface area contributed by atoms with Crippen LogP contribution in [0.4, 0.5) is 21.0 Å². The summed E-state index contributed by atoms with van der Waals surface area (Å²) < 4.78 is 5.38. The number of nitrogens with one attached hydrogen (secondary N) is 2. The van der Waals surface area contributed by atoms with Gasteiger partial charge < -0.3 is 25.0 Å². The molecule has 0 radical (unpaired) electrons. The number of halogens is 1. The molecule has 0 fully saturated rings. The highest BCUT2D eigenvalue weighted by molar-refractivity contribution is 6.10. The molecule has 4 aromatic rings. The number of anilines is 2. The van der Waals surface area contributed by atoms with E-state index in [1.54, 1.807) is 48.6 Å². The Bertz CT molecular complexity index is 1950. The number of amides is 2. The summed E-state index contributed by atoms with van der Waals surface area (Å²) in [6.45, 7) is 16.3. The number of guanidine groups is 2. The van der Waals surface area contributed by atoms with Gasteiger partial charge in [0.1, 0.15) is 5.60 Å². The van der Waals surface area contributed by atoms with Crippen molar-refractivity contribution in [3.8, 4) is 0 Å². The number of aliphatic imine (C=N–C) groups is 1. The lowest BCUT2D eigenvalue weighted by Gasteiger charge is -2.37. The van der Waals surface area contributed by atoms with E-state index in [1.165, 1.54) is 22.0 Å². The van der Waals surface area contributed by atoms with Gasteiger partial charge in [-0.3, -0.25) is 5.41 Å². The molecule has 50 heavy (non-hydrogen) atoms. The summed E-state index contributed by atoms with van der Waals surface area (Å²) in [5, 5.41) is 25.8. The predicted octanol–water partition coefficient (Wildman–Crippen LogP) is 9.17. The van der Waals surface area contributed by atoms with Crippen LogP contribution in [0.1, 0.15) is 78.4 Å². The standard InChI is InChI=1S/C24H31N3O4.C15H17N3.ClH/c1-15-14-26(18-13-12-16-10-8-9-11-17(16)19(15)18)20(25-21(28)31-24(5,6)7)27(22(29)30)23(2,3)4;1-10-9-18(15(16)17-2)13-8-7-11-5-3-4-6-12(11)14(10)13;/h8-13,15H,14H2,1-7H3,(H,29,30);3-8,10H,9H2,1-2H3,(H2,16,17);1H. The van der Waals surface area contributed by atoms with Crippen molar-refractivity contribution in [1.29, 1.82) is 5.41 Å². The van der Waals surface area contributed by atoms with Crippen LogP contribution < -0.4 is 15.1 Å². The van der Waals surface area contributed by atoms with Crippen LogP contribution in [0.3, 0.4) is 0 Å². The SMILES string of the molecule is CC1CN(C(=NC(=O)OC(C)(C)C)N(C(=O)O)C(C)(C)C)c2ccc3ccccc3c21.CNC(=N)N1CC(C)c2c1ccc1ccccc21.Cl. The molecule has 6 rings (SSSR count). The molecule has 4 aromatic carbocycles. The molecule has 2 aliphatic heterocycles. The number of carboxylic acid groups (broad SMARTS) is 1. The van der Waals surface area contributed by atoms with Crippen molar-refractivity contribution in [3.05, 3.63) is 83.9 Å². The van der Waals surface area contributed by atoms with Crippen molar-refractivity contribution in [3.63, 3.8) is 0 Å². The van der Waals surface area contributed by atoms with Gasteiger partial charge in [0.2, 0.25) is 5.96 Å². The van der Waals surface area contributed by atoms with Gasteiger partial charge >= 0.3 is 12.2 Å². The van der Waals surface area contributed by atoms with Gasteiger partial charge in [-0.2, -0.15) is 0 Å². The smallest absolute Gasteiger partial charge is 0.437 e. The van der Waals surface area contributed by atoms with E-state index in [0.29, 0.717) is 18.4 Å². The summed E-state index contributed by atoms with van der Waals surface area (Å²) in [7, 11) is 1.80. The minimum Gasteiger partial charge on any atom is -0.465 e. The van der Waals surface area contributed by atoms with Crippen molar-refractivity contribution in [2.24, 2.45) is 4.99 Å². The van der Waals surface area contributed by atoms with Gasteiger partial charge in [-0.25, -0.2) is 14.5 Å². The molecule has 266 valence electrons. The average molecular weight is 701 g/mol. The van der Waals surface area contributed by atoms with Crippen LogP contribution in [-0.2, 0) is 4.74 Å². The van der Waals surface area contributed by atoms with Gasteiger partial charge in [-0.1, -0.05) is 74.5 Å². The first kappa shape index (κ1) is 38.0. The maximum Gasteiger partial charge on any atom is 0.437 e. The van der Waals surface area contributed by atoms with Crippen LogP contribution in [0.5, 0.6) is 0 Å². The third kappa shape index (κ3) is 7.65. The van der Waals surface area contributed by atoms with Crippen molar-refractivity contribution >= 4 is 69.4 Å². The summed E-state index contributed by atoms with van der Waals surface area (Å²) in [6.07, 6.45) is -2.00. The van der Waals surface area contributed by atoms with E-state index in [2.05, 4.69) is 72.7 Å². The Hall–Kier alpha value is -4.83. The topological polar surface area (TPSA) is 122 Å². The Balaban J connectivity index is 0.000000250. The van der Waals surface area contributed by atoms with E-state index in [0.717, 1.165) is 33.5 Å². The van der Waals surface area contributed by atoms with Crippen LogP contribution in [-0.4, -0.2) is 65.4 Å². The Kier molecular flexibility index (Phi) is 11.1. The number of benzene rings is 4. The Morgan fingerprint density at radius 1 is 0.820 bits per heavy atom. The third-order valence-corrected chi connectivity index (χ3v) is 8.77. The zero-order valence-electron chi connectivity index (χ0n) is 30.4. The van der Waals surface area contributed by atoms with Crippen LogP contribution in [0.2, 0.25) is 0 Å². The fraction of sp³-hybridized carbons (Fsp3) is 0.385. The molecule has 10 nitrogen and oxygen atoms in total. The van der Waals surface area contributed by atoms with E-state index in [1.807, 2.05) is 34.1 Å². The average Bonchev–Trinajstić information content (AvgIpc) is 3.55. The van der Waals surface area contributed by atoms with Crippen LogP contribution in [0, 0.1) is 5.41 Å². The van der Waals surface area contributed by atoms with Crippen molar-refractivity contribution in [2.75, 3.05) is 29.9 Å². The fourth-order valence-corrected chi connectivity index (χ4v) is 6.81. The van der Waals surface area contributed by atoms with E-state index in [9.17, 15) is 14.7 Å². The highest BCUT2D eigenvalue weighted by Gasteiger charge is 2.40. The number of ether oxygens (including phenoxy) is 1. The molecule has 0 saturated heterocycles. The maximum atomic E-state index is 12.6. The van der Waals surface area contributed by atoms with E-state index < -0.39 is 23.3 Å². The summed E-state index contributed by atoms with van der Waals surface area (Å²) in [5.41, 5.74) is 2.94. The second-order valence-electron chi connectivity index (χ2n) is 14.7. The van der Waals surface area contributed by atoms with Crippen LogP contribution in [0.25, 0.3) is 21.5 Å². The molecule has 0 saturated carbocycles. The molecule has 0 spiro atoms. The molecule has 11 heteroatoms. The van der Waals surface area contributed by atoms with Gasteiger partial charge in [0, 0.05) is 48.9 Å². The first-order valence-electron chi connectivity index (χ1n) is 16.7. The highest BCUT2D eigenvalue weighted by Crippen LogP contribution is 2.42. The van der Waals surface area contributed by atoms with Gasteiger partial charge in [0.05, 0.1) is 0 Å². The number of nitrogens with zero attached hydrogens (tertiary/aromatic N) is 4. The van der Waals surface area contributed by atoms with Gasteiger partial charge in [-0.05, 0) is 86.3 Å². The zero-order chi connectivity index (χ0) is 35.8. The maximum absolute atomic E-state index is 12.6. The quantitative estimate of drug-likeness (QED) is 0.124. The van der Waals surface area contributed by atoms with Gasteiger partial charge in [-0.15, -0.1) is 17.4 Å². The Morgan fingerprint density at radius 3 is 1.72 bits per heavy atom. The lowest BCUT2D eigenvalue weighted by Crippen LogP contribution is -2.55. The van der Waals surface area contributed by atoms with Crippen LogP contribution in [0.15, 0.2) is 77.8 Å². The molecule has 2 aliphatic rings. The largest absolute Gasteiger partial charge is 0.465 e. The van der Waals surface area contributed by atoms with Gasteiger partial charge in [0.15, 0.2) is 5.96 Å². The van der Waals surface area contributed by atoms with Crippen molar-refractivity contribution < 1.29 is 19.4 Å². The first-order chi connectivity index (χ1) is 23.0. The molecular weight excluding hydrogens is 652 g/mol. The molecular formula is C39H49ClN6O4.